The maximum atomic E-state index is 2.34. The number of unbranched alkanes of at least 4 members (excludes halogenated alkanes) is 12. The molecule has 164 valence electrons. The molecule has 0 spiro atoms. The minimum Gasteiger partial charge on any atom is -0.0654 e. The van der Waals surface area contributed by atoms with E-state index in [-0.39, 0.29) is 0 Å². The SMILES string of the molecule is CCCCCCC(CCCCCC)CC(CCCCCC)CCCCCC. The van der Waals surface area contributed by atoms with Crippen molar-refractivity contribution >= 4 is 0 Å². The van der Waals surface area contributed by atoms with Crippen molar-refractivity contribution in [3.63, 3.8) is 0 Å². The molecule has 27 heavy (non-hydrogen) atoms. The van der Waals surface area contributed by atoms with Crippen molar-refractivity contribution in [2.75, 3.05) is 0 Å². The van der Waals surface area contributed by atoms with Crippen molar-refractivity contribution in [3.8, 4) is 0 Å². The Labute approximate surface area is 174 Å². The van der Waals surface area contributed by atoms with E-state index < -0.39 is 0 Å². The molecule has 0 N–H and O–H groups in total. The van der Waals surface area contributed by atoms with Crippen LogP contribution in [-0.4, -0.2) is 0 Å². The molecule has 0 amide bonds. The van der Waals surface area contributed by atoms with E-state index in [4.69, 9.17) is 0 Å². The highest BCUT2D eigenvalue weighted by atomic mass is 14.2. The van der Waals surface area contributed by atoms with E-state index in [1.807, 2.05) is 0 Å². The number of hydrogen-bond donors (Lipinski definition) is 0. The lowest BCUT2D eigenvalue weighted by Gasteiger charge is -2.24. The van der Waals surface area contributed by atoms with Gasteiger partial charge in [-0.2, -0.15) is 0 Å². The summed E-state index contributed by atoms with van der Waals surface area (Å²) in [6.45, 7) is 9.35. The number of rotatable bonds is 22. The average Bonchev–Trinajstić information content (AvgIpc) is 2.68. The lowest BCUT2D eigenvalue weighted by Crippen LogP contribution is -2.10. The van der Waals surface area contributed by atoms with Gasteiger partial charge in [0.25, 0.3) is 0 Å². The zero-order valence-corrected chi connectivity index (χ0v) is 20.0. The standard InChI is InChI=1S/C27H56/c1-5-9-13-17-21-26(22-18-14-10-6-2)25-27(23-19-15-11-7-3)24-20-16-12-8-4/h26-27H,5-25H2,1-4H3. The molecule has 0 aromatic rings. The van der Waals surface area contributed by atoms with Crippen LogP contribution >= 0.6 is 0 Å². The van der Waals surface area contributed by atoms with Gasteiger partial charge in [-0.15, -0.1) is 0 Å². The minimum absolute atomic E-state index is 1.03. The van der Waals surface area contributed by atoms with Crippen LogP contribution in [0.25, 0.3) is 0 Å². The van der Waals surface area contributed by atoms with E-state index in [1.165, 1.54) is 128 Å². The molecule has 0 aliphatic carbocycles. The molecule has 0 atom stereocenters. The van der Waals surface area contributed by atoms with Gasteiger partial charge in [0.05, 0.1) is 0 Å². The van der Waals surface area contributed by atoms with Crippen LogP contribution in [0, 0.1) is 11.8 Å². The second kappa shape index (κ2) is 22.3. The molecular formula is C27H56. The Kier molecular flexibility index (Phi) is 22.3. The molecule has 0 nitrogen and oxygen atoms in total. The summed E-state index contributed by atoms with van der Waals surface area (Å²) in [5, 5.41) is 0. The molecule has 0 radical (unpaired) electrons. The van der Waals surface area contributed by atoms with Crippen molar-refractivity contribution in [2.45, 2.75) is 163 Å². The predicted octanol–water partition coefficient (Wildman–Crippen LogP) is 10.5. The summed E-state index contributed by atoms with van der Waals surface area (Å²) in [5.74, 6) is 2.06. The highest BCUT2D eigenvalue weighted by Crippen LogP contribution is 2.30. The van der Waals surface area contributed by atoms with E-state index in [0.717, 1.165) is 11.8 Å². The van der Waals surface area contributed by atoms with Crippen LogP contribution in [0.5, 0.6) is 0 Å². The van der Waals surface area contributed by atoms with Crippen molar-refractivity contribution in [2.24, 2.45) is 11.8 Å². The second-order valence-corrected chi connectivity index (χ2v) is 9.37. The van der Waals surface area contributed by atoms with Crippen molar-refractivity contribution in [3.05, 3.63) is 0 Å². The summed E-state index contributed by atoms with van der Waals surface area (Å²) in [6, 6.07) is 0. The molecule has 0 aliphatic rings. The van der Waals surface area contributed by atoms with Crippen LogP contribution in [0.15, 0.2) is 0 Å². The molecule has 0 rings (SSSR count). The summed E-state index contributed by atoms with van der Waals surface area (Å²) in [7, 11) is 0. The summed E-state index contributed by atoms with van der Waals surface area (Å²) in [6.07, 6.45) is 30.8. The molecule has 0 aromatic heterocycles. The lowest BCUT2D eigenvalue weighted by atomic mass is 9.82. The molecule has 0 unspecified atom stereocenters. The first-order valence-corrected chi connectivity index (χ1v) is 13.3. The fourth-order valence-corrected chi connectivity index (χ4v) is 4.67. The zero-order chi connectivity index (χ0) is 20.0. The smallest absolute Gasteiger partial charge is 0.0412 e. The van der Waals surface area contributed by atoms with Gasteiger partial charge in [0.1, 0.15) is 0 Å². The molecule has 0 aliphatic heterocycles. The fraction of sp³-hybridized carbons (Fsp3) is 1.00. The molecule has 0 saturated heterocycles. The third kappa shape index (κ3) is 19.1. The highest BCUT2D eigenvalue weighted by molar-refractivity contribution is 4.69. The Hall–Kier alpha value is 0. The van der Waals surface area contributed by atoms with Gasteiger partial charge in [-0.05, 0) is 18.3 Å². The zero-order valence-electron chi connectivity index (χ0n) is 20.0. The third-order valence-electron chi connectivity index (χ3n) is 6.53. The summed E-state index contributed by atoms with van der Waals surface area (Å²) in [5.41, 5.74) is 0. The van der Waals surface area contributed by atoms with E-state index in [1.54, 1.807) is 6.42 Å². The Morgan fingerprint density at radius 3 is 0.815 bits per heavy atom. The fourth-order valence-electron chi connectivity index (χ4n) is 4.67. The van der Waals surface area contributed by atoms with Gasteiger partial charge in [-0.25, -0.2) is 0 Å². The number of hydrogen-bond acceptors (Lipinski definition) is 0. The molecule has 0 aromatic carbocycles. The van der Waals surface area contributed by atoms with Crippen molar-refractivity contribution in [1.82, 2.24) is 0 Å². The maximum absolute atomic E-state index is 2.34. The Morgan fingerprint density at radius 2 is 0.593 bits per heavy atom. The summed E-state index contributed by atoms with van der Waals surface area (Å²) >= 11 is 0. The normalized spacial score (nSPS) is 11.8. The van der Waals surface area contributed by atoms with Crippen molar-refractivity contribution < 1.29 is 0 Å². The van der Waals surface area contributed by atoms with Crippen LogP contribution < -0.4 is 0 Å². The molecule has 0 bridgehead atoms. The molecule has 0 heterocycles. The highest BCUT2D eigenvalue weighted by Gasteiger charge is 2.16. The van der Waals surface area contributed by atoms with Crippen LogP contribution in [0.3, 0.4) is 0 Å². The topological polar surface area (TPSA) is 0 Å². The van der Waals surface area contributed by atoms with Gasteiger partial charge in [0.2, 0.25) is 0 Å². The van der Waals surface area contributed by atoms with E-state index >= 15 is 0 Å². The molecule has 0 fully saturated rings. The molecule has 0 heteroatoms. The summed E-state index contributed by atoms with van der Waals surface area (Å²) in [4.78, 5) is 0. The van der Waals surface area contributed by atoms with Crippen LogP contribution in [-0.2, 0) is 0 Å². The van der Waals surface area contributed by atoms with E-state index in [9.17, 15) is 0 Å². The Morgan fingerprint density at radius 1 is 0.333 bits per heavy atom. The van der Waals surface area contributed by atoms with Gasteiger partial charge in [-0.3, -0.25) is 0 Å². The first kappa shape index (κ1) is 27.0. The predicted molar refractivity (Wildman–Crippen MR) is 127 cm³/mol. The van der Waals surface area contributed by atoms with E-state index in [0.29, 0.717) is 0 Å². The second-order valence-electron chi connectivity index (χ2n) is 9.37. The molecule has 0 saturated carbocycles. The lowest BCUT2D eigenvalue weighted by molar-refractivity contribution is 0.283. The van der Waals surface area contributed by atoms with Gasteiger partial charge < -0.3 is 0 Å². The van der Waals surface area contributed by atoms with E-state index in [2.05, 4.69) is 27.7 Å². The van der Waals surface area contributed by atoms with Crippen LogP contribution in [0.2, 0.25) is 0 Å². The van der Waals surface area contributed by atoms with Crippen molar-refractivity contribution in [1.29, 1.82) is 0 Å². The van der Waals surface area contributed by atoms with Gasteiger partial charge >= 0.3 is 0 Å². The summed E-state index contributed by atoms with van der Waals surface area (Å²) < 4.78 is 0. The average molecular weight is 381 g/mol. The maximum Gasteiger partial charge on any atom is -0.0412 e. The minimum atomic E-state index is 1.03. The Balaban J connectivity index is 4.42. The Bertz CT molecular complexity index is 207. The van der Waals surface area contributed by atoms with Gasteiger partial charge in [-0.1, -0.05) is 156 Å². The van der Waals surface area contributed by atoms with Gasteiger partial charge in [0.15, 0.2) is 0 Å². The quantitative estimate of drug-likeness (QED) is 0.164. The van der Waals surface area contributed by atoms with Gasteiger partial charge in [0, 0.05) is 0 Å². The van der Waals surface area contributed by atoms with Crippen LogP contribution in [0.4, 0.5) is 0 Å². The monoisotopic (exact) mass is 380 g/mol. The first-order chi connectivity index (χ1) is 13.3. The third-order valence-corrected chi connectivity index (χ3v) is 6.53. The largest absolute Gasteiger partial charge is 0.0654 e. The first-order valence-electron chi connectivity index (χ1n) is 13.3. The molecular weight excluding hydrogens is 324 g/mol. The van der Waals surface area contributed by atoms with Crippen LogP contribution in [0.1, 0.15) is 163 Å².